The highest BCUT2D eigenvalue weighted by atomic mass is 19.1. The van der Waals surface area contributed by atoms with Crippen LogP contribution in [0.25, 0.3) is 0 Å². The summed E-state index contributed by atoms with van der Waals surface area (Å²) >= 11 is 0. The summed E-state index contributed by atoms with van der Waals surface area (Å²) in [5.74, 6) is -1.07. The molecule has 126 valence electrons. The van der Waals surface area contributed by atoms with E-state index in [9.17, 15) is 13.6 Å². The monoisotopic (exact) mass is 340 g/mol. The molecule has 3 rings (SSSR count). The fourth-order valence-corrected chi connectivity index (χ4v) is 2.18. The van der Waals surface area contributed by atoms with Gasteiger partial charge >= 0.3 is 0 Å². The highest BCUT2D eigenvalue weighted by Gasteiger charge is 2.07. The van der Waals surface area contributed by atoms with E-state index in [1.807, 2.05) is 6.07 Å². The van der Waals surface area contributed by atoms with Crippen molar-refractivity contribution in [2.45, 2.75) is 6.54 Å². The molecule has 1 heterocycles. The van der Waals surface area contributed by atoms with Crippen LogP contribution >= 0.6 is 0 Å². The Balaban J connectivity index is 1.64. The van der Waals surface area contributed by atoms with Gasteiger partial charge in [0.25, 0.3) is 5.91 Å². The van der Waals surface area contributed by atoms with Crippen molar-refractivity contribution in [1.82, 2.24) is 9.97 Å². The molecule has 0 aliphatic carbocycles. The first-order chi connectivity index (χ1) is 12.1. The Labute approximate surface area is 142 Å². The summed E-state index contributed by atoms with van der Waals surface area (Å²) in [4.78, 5) is 19.8. The summed E-state index contributed by atoms with van der Waals surface area (Å²) < 4.78 is 26.0. The molecule has 0 spiro atoms. The van der Waals surface area contributed by atoms with Gasteiger partial charge in [-0.3, -0.25) is 4.79 Å². The molecule has 0 bridgehead atoms. The van der Waals surface area contributed by atoms with Crippen LogP contribution in [0.15, 0.2) is 60.9 Å². The number of aromatic nitrogens is 2. The van der Waals surface area contributed by atoms with Crippen LogP contribution in [0.4, 0.5) is 20.4 Å². The van der Waals surface area contributed by atoms with Crippen LogP contribution in [0.5, 0.6) is 0 Å². The molecule has 1 amide bonds. The van der Waals surface area contributed by atoms with E-state index in [1.165, 1.54) is 24.3 Å². The molecule has 5 nitrogen and oxygen atoms in total. The zero-order valence-electron chi connectivity index (χ0n) is 13.0. The first kappa shape index (κ1) is 16.5. The molecule has 1 aromatic heterocycles. The normalized spacial score (nSPS) is 10.3. The fraction of sp³-hybridized carbons (Fsp3) is 0.0556. The van der Waals surface area contributed by atoms with E-state index in [2.05, 4.69) is 20.6 Å². The summed E-state index contributed by atoms with van der Waals surface area (Å²) in [5, 5.41) is 5.67. The highest BCUT2D eigenvalue weighted by molar-refractivity contribution is 6.04. The number of nitrogens with zero attached hydrogens (tertiary/aromatic N) is 2. The Morgan fingerprint density at radius 1 is 0.960 bits per heavy atom. The minimum absolute atomic E-state index is 0.239. The largest absolute Gasteiger partial charge is 0.350 e. The fourth-order valence-electron chi connectivity index (χ4n) is 2.18. The zero-order chi connectivity index (χ0) is 17.6. The van der Waals surface area contributed by atoms with Crippen molar-refractivity contribution in [2.24, 2.45) is 0 Å². The number of hydrogen-bond acceptors (Lipinski definition) is 4. The SMILES string of the molecule is O=C(Nc1cccc(CNc2ncc(F)cn2)c1)c1cccc(F)c1. The van der Waals surface area contributed by atoms with Gasteiger partial charge < -0.3 is 10.6 Å². The van der Waals surface area contributed by atoms with Gasteiger partial charge in [-0.25, -0.2) is 18.7 Å². The van der Waals surface area contributed by atoms with Crippen molar-refractivity contribution in [3.05, 3.63) is 83.7 Å². The van der Waals surface area contributed by atoms with Gasteiger partial charge in [0.1, 0.15) is 5.82 Å². The molecular formula is C18H14F2N4O. The Kier molecular flexibility index (Phi) is 4.94. The molecule has 0 atom stereocenters. The number of benzene rings is 2. The van der Waals surface area contributed by atoms with Gasteiger partial charge in [0.05, 0.1) is 12.4 Å². The second-order valence-corrected chi connectivity index (χ2v) is 5.24. The number of rotatable bonds is 5. The lowest BCUT2D eigenvalue weighted by Crippen LogP contribution is -2.12. The number of anilines is 2. The molecular weight excluding hydrogens is 326 g/mol. The second kappa shape index (κ2) is 7.48. The van der Waals surface area contributed by atoms with Crippen molar-refractivity contribution >= 4 is 17.5 Å². The predicted octanol–water partition coefficient (Wildman–Crippen LogP) is 3.62. The third-order valence-electron chi connectivity index (χ3n) is 3.34. The van der Waals surface area contributed by atoms with Crippen molar-refractivity contribution < 1.29 is 13.6 Å². The van der Waals surface area contributed by atoms with Crippen LogP contribution in [0, 0.1) is 11.6 Å². The number of amides is 1. The van der Waals surface area contributed by atoms with E-state index < -0.39 is 17.5 Å². The number of carbonyl (C=O) groups is 1. The van der Waals surface area contributed by atoms with Crippen LogP contribution in [-0.4, -0.2) is 15.9 Å². The Morgan fingerprint density at radius 2 is 1.72 bits per heavy atom. The van der Waals surface area contributed by atoms with E-state index in [0.29, 0.717) is 18.2 Å². The lowest BCUT2D eigenvalue weighted by molar-refractivity contribution is 0.102. The summed E-state index contributed by atoms with van der Waals surface area (Å²) in [7, 11) is 0. The van der Waals surface area contributed by atoms with Crippen LogP contribution in [0.1, 0.15) is 15.9 Å². The van der Waals surface area contributed by atoms with Gasteiger partial charge in [-0.15, -0.1) is 0 Å². The van der Waals surface area contributed by atoms with Gasteiger partial charge in [0, 0.05) is 17.8 Å². The summed E-state index contributed by atoms with van der Waals surface area (Å²) in [6.45, 7) is 0.398. The molecule has 2 aromatic carbocycles. The Morgan fingerprint density at radius 3 is 2.48 bits per heavy atom. The van der Waals surface area contributed by atoms with E-state index in [4.69, 9.17) is 0 Å². The highest BCUT2D eigenvalue weighted by Crippen LogP contribution is 2.14. The molecule has 0 saturated carbocycles. The average molecular weight is 340 g/mol. The van der Waals surface area contributed by atoms with Crippen molar-refractivity contribution in [1.29, 1.82) is 0 Å². The standard InChI is InChI=1S/C18H14F2N4O/c19-14-5-2-4-13(8-14)17(25)24-16-6-1-3-12(7-16)9-21-18-22-10-15(20)11-23-18/h1-8,10-11H,9H2,(H,24,25)(H,21,22,23). The molecule has 3 aromatic rings. The summed E-state index contributed by atoms with van der Waals surface area (Å²) in [6.07, 6.45) is 2.15. The molecule has 0 aliphatic heterocycles. The van der Waals surface area contributed by atoms with E-state index in [1.54, 1.807) is 18.2 Å². The minimum atomic E-state index is -0.507. The van der Waals surface area contributed by atoms with Crippen LogP contribution < -0.4 is 10.6 Å². The van der Waals surface area contributed by atoms with Crippen molar-refractivity contribution in [3.63, 3.8) is 0 Å². The molecule has 2 N–H and O–H groups in total. The van der Waals surface area contributed by atoms with Crippen LogP contribution in [0.2, 0.25) is 0 Å². The third-order valence-corrected chi connectivity index (χ3v) is 3.34. The van der Waals surface area contributed by atoms with Crippen LogP contribution in [-0.2, 0) is 6.54 Å². The lowest BCUT2D eigenvalue weighted by atomic mass is 10.1. The van der Waals surface area contributed by atoms with E-state index >= 15 is 0 Å². The predicted molar refractivity (Wildman–Crippen MR) is 90.1 cm³/mol. The second-order valence-electron chi connectivity index (χ2n) is 5.24. The first-order valence-electron chi connectivity index (χ1n) is 7.47. The van der Waals surface area contributed by atoms with Crippen molar-refractivity contribution in [3.8, 4) is 0 Å². The number of hydrogen-bond donors (Lipinski definition) is 2. The molecule has 0 fully saturated rings. The third kappa shape index (κ3) is 4.57. The quantitative estimate of drug-likeness (QED) is 0.744. The van der Waals surface area contributed by atoms with Crippen molar-refractivity contribution in [2.75, 3.05) is 10.6 Å². The maximum Gasteiger partial charge on any atom is 0.255 e. The first-order valence-corrected chi connectivity index (χ1v) is 7.47. The van der Waals surface area contributed by atoms with Crippen LogP contribution in [0.3, 0.4) is 0 Å². The summed E-state index contributed by atoms with van der Waals surface area (Å²) in [5.41, 5.74) is 1.68. The molecule has 25 heavy (non-hydrogen) atoms. The molecule has 0 saturated heterocycles. The molecule has 0 unspecified atom stereocenters. The van der Waals surface area contributed by atoms with Gasteiger partial charge in [-0.05, 0) is 35.9 Å². The maximum absolute atomic E-state index is 13.2. The zero-order valence-corrected chi connectivity index (χ0v) is 13.0. The van der Waals surface area contributed by atoms with Gasteiger partial charge in [-0.1, -0.05) is 18.2 Å². The molecule has 0 radical (unpaired) electrons. The van der Waals surface area contributed by atoms with E-state index in [-0.39, 0.29) is 5.56 Å². The average Bonchev–Trinajstić information content (AvgIpc) is 2.61. The molecule has 7 heteroatoms. The topological polar surface area (TPSA) is 66.9 Å². The van der Waals surface area contributed by atoms with Gasteiger partial charge in [0.2, 0.25) is 5.95 Å². The van der Waals surface area contributed by atoms with Gasteiger partial charge in [0.15, 0.2) is 5.82 Å². The number of carbonyl (C=O) groups excluding carboxylic acids is 1. The minimum Gasteiger partial charge on any atom is -0.350 e. The number of nitrogens with one attached hydrogen (secondary N) is 2. The Bertz CT molecular complexity index is 884. The summed E-state index contributed by atoms with van der Waals surface area (Å²) in [6, 6.07) is 12.6. The van der Waals surface area contributed by atoms with Gasteiger partial charge in [-0.2, -0.15) is 0 Å². The maximum atomic E-state index is 13.2. The number of halogens is 2. The Hall–Kier alpha value is -3.35. The molecule has 0 aliphatic rings. The smallest absolute Gasteiger partial charge is 0.255 e. The van der Waals surface area contributed by atoms with E-state index in [0.717, 1.165) is 18.0 Å². The lowest BCUT2D eigenvalue weighted by Gasteiger charge is -2.09.